The summed E-state index contributed by atoms with van der Waals surface area (Å²) < 4.78 is 3.88. The predicted octanol–water partition coefficient (Wildman–Crippen LogP) is 0.589. The molecule has 1 fully saturated rings. The number of nitrogens with zero attached hydrogens (tertiary/aromatic N) is 5. The van der Waals surface area contributed by atoms with Crippen LogP contribution in [0.3, 0.4) is 0 Å². The molecule has 0 radical (unpaired) electrons. The van der Waals surface area contributed by atoms with Crippen LogP contribution in [0.15, 0.2) is 24.8 Å². The van der Waals surface area contributed by atoms with Crippen molar-refractivity contribution in [2.45, 2.75) is 38.4 Å². The number of aromatic nitrogens is 4. The maximum absolute atomic E-state index is 12.5. The second-order valence-corrected chi connectivity index (χ2v) is 6.38. The molecule has 4 heterocycles. The van der Waals surface area contributed by atoms with Crippen LogP contribution >= 0.6 is 0 Å². The molecule has 7 heteroatoms. The number of rotatable bonds is 3. The van der Waals surface area contributed by atoms with Crippen molar-refractivity contribution in [1.29, 1.82) is 0 Å². The fourth-order valence-electron chi connectivity index (χ4n) is 3.42. The summed E-state index contributed by atoms with van der Waals surface area (Å²) in [6.07, 6.45) is 7.96. The first-order valence-corrected chi connectivity index (χ1v) is 8.30. The molecule has 1 amide bonds. The average molecular weight is 314 g/mol. The van der Waals surface area contributed by atoms with Gasteiger partial charge in [0.1, 0.15) is 6.54 Å². The summed E-state index contributed by atoms with van der Waals surface area (Å²) in [4.78, 5) is 18.5. The van der Waals surface area contributed by atoms with Crippen molar-refractivity contribution in [3.05, 3.63) is 36.2 Å². The summed E-state index contributed by atoms with van der Waals surface area (Å²) >= 11 is 0. The van der Waals surface area contributed by atoms with Gasteiger partial charge in [0, 0.05) is 37.9 Å². The minimum Gasteiger partial charge on any atom is -0.333 e. The second kappa shape index (κ2) is 6.16. The quantitative estimate of drug-likeness (QED) is 0.900. The van der Waals surface area contributed by atoms with Crippen molar-refractivity contribution in [3.63, 3.8) is 0 Å². The van der Waals surface area contributed by atoms with Gasteiger partial charge in [0.25, 0.3) is 0 Å². The van der Waals surface area contributed by atoms with Crippen LogP contribution in [0, 0.1) is 0 Å². The fraction of sp³-hybridized carbons (Fsp3) is 0.562. The molecular formula is C16H22N6O. The summed E-state index contributed by atoms with van der Waals surface area (Å²) in [6, 6.07) is 2.05. The topological polar surface area (TPSA) is 68.0 Å². The molecule has 0 aliphatic carbocycles. The van der Waals surface area contributed by atoms with E-state index in [0.717, 1.165) is 37.6 Å². The molecule has 4 rings (SSSR count). The number of hydrogen-bond acceptors (Lipinski definition) is 4. The van der Waals surface area contributed by atoms with E-state index in [1.165, 1.54) is 12.8 Å². The molecule has 2 aliphatic rings. The van der Waals surface area contributed by atoms with Crippen molar-refractivity contribution in [2.75, 3.05) is 19.6 Å². The van der Waals surface area contributed by atoms with Crippen molar-refractivity contribution in [1.82, 2.24) is 29.5 Å². The summed E-state index contributed by atoms with van der Waals surface area (Å²) in [5.74, 6) is 0.596. The van der Waals surface area contributed by atoms with Crippen LogP contribution in [0.25, 0.3) is 0 Å². The lowest BCUT2D eigenvalue weighted by molar-refractivity contribution is -0.133. The Morgan fingerprint density at radius 3 is 3.22 bits per heavy atom. The number of amides is 1. The number of carbonyl (C=O) groups is 1. The number of imidazole rings is 1. The molecule has 1 N–H and O–H groups in total. The molecule has 122 valence electrons. The smallest absolute Gasteiger partial charge is 0.244 e. The van der Waals surface area contributed by atoms with Crippen molar-refractivity contribution in [2.24, 2.45) is 0 Å². The number of carbonyl (C=O) groups excluding carboxylic acids is 1. The highest BCUT2D eigenvalue weighted by Crippen LogP contribution is 2.21. The van der Waals surface area contributed by atoms with Gasteiger partial charge in [-0.2, -0.15) is 5.10 Å². The Morgan fingerprint density at radius 2 is 2.35 bits per heavy atom. The van der Waals surface area contributed by atoms with Gasteiger partial charge in [-0.1, -0.05) is 0 Å². The van der Waals surface area contributed by atoms with Crippen molar-refractivity contribution in [3.8, 4) is 0 Å². The van der Waals surface area contributed by atoms with E-state index in [1.54, 1.807) is 4.68 Å². The Kier molecular flexibility index (Phi) is 3.87. The third kappa shape index (κ3) is 3.01. The van der Waals surface area contributed by atoms with Crippen LogP contribution in [0.5, 0.6) is 0 Å². The molecule has 7 nitrogen and oxygen atoms in total. The third-order valence-electron chi connectivity index (χ3n) is 4.79. The average Bonchev–Trinajstić information content (AvgIpc) is 3.24. The lowest BCUT2D eigenvalue weighted by atomic mass is 9.97. The molecule has 0 saturated carbocycles. The molecule has 2 aromatic heterocycles. The van der Waals surface area contributed by atoms with Gasteiger partial charge in [-0.25, -0.2) is 4.98 Å². The van der Waals surface area contributed by atoms with Crippen LogP contribution in [0.4, 0.5) is 0 Å². The zero-order valence-electron chi connectivity index (χ0n) is 13.2. The Hall–Kier alpha value is -2.15. The van der Waals surface area contributed by atoms with Gasteiger partial charge in [-0.3, -0.25) is 9.48 Å². The highest BCUT2D eigenvalue weighted by molar-refractivity contribution is 5.76. The maximum Gasteiger partial charge on any atom is 0.244 e. The zero-order chi connectivity index (χ0) is 15.6. The van der Waals surface area contributed by atoms with Gasteiger partial charge in [0.15, 0.2) is 0 Å². The van der Waals surface area contributed by atoms with E-state index < -0.39 is 0 Å². The molecule has 1 unspecified atom stereocenters. The van der Waals surface area contributed by atoms with Crippen LogP contribution < -0.4 is 5.32 Å². The van der Waals surface area contributed by atoms with Gasteiger partial charge in [-0.05, 0) is 25.5 Å². The Labute approximate surface area is 135 Å². The number of hydrogen-bond donors (Lipinski definition) is 1. The fourth-order valence-corrected chi connectivity index (χ4v) is 3.42. The second-order valence-electron chi connectivity index (χ2n) is 6.38. The minimum atomic E-state index is 0.119. The van der Waals surface area contributed by atoms with E-state index >= 15 is 0 Å². The van der Waals surface area contributed by atoms with E-state index in [1.807, 2.05) is 23.6 Å². The summed E-state index contributed by atoms with van der Waals surface area (Å²) in [5, 5.41) is 8.02. The Bertz CT molecular complexity index is 684. The van der Waals surface area contributed by atoms with E-state index in [-0.39, 0.29) is 5.91 Å². The normalized spacial score (nSPS) is 21.2. The molecular weight excluding hydrogens is 292 g/mol. The standard InChI is InChI=1S/C16H22N6O/c23-16(20-6-7-21-12-18-9-14(21)10-20)11-22-5-3-15(19-22)13-2-1-4-17-8-13/h3,5,9,12-13,17H,1-2,4,6-8,10-11H2. The predicted molar refractivity (Wildman–Crippen MR) is 84.7 cm³/mol. The molecule has 1 saturated heterocycles. The van der Waals surface area contributed by atoms with Crippen molar-refractivity contribution < 1.29 is 4.79 Å². The highest BCUT2D eigenvalue weighted by Gasteiger charge is 2.22. The molecule has 23 heavy (non-hydrogen) atoms. The Balaban J connectivity index is 1.38. The largest absolute Gasteiger partial charge is 0.333 e. The van der Waals surface area contributed by atoms with Crippen LogP contribution in [-0.4, -0.2) is 49.8 Å². The molecule has 2 aliphatic heterocycles. The van der Waals surface area contributed by atoms with Gasteiger partial charge in [0.2, 0.25) is 5.91 Å². The van der Waals surface area contributed by atoms with Gasteiger partial charge in [0.05, 0.1) is 24.3 Å². The lowest BCUT2D eigenvalue weighted by Gasteiger charge is -2.28. The van der Waals surface area contributed by atoms with Crippen LogP contribution in [0.2, 0.25) is 0 Å². The van der Waals surface area contributed by atoms with E-state index in [2.05, 4.69) is 26.0 Å². The molecule has 1 atom stereocenters. The third-order valence-corrected chi connectivity index (χ3v) is 4.79. The monoisotopic (exact) mass is 314 g/mol. The maximum atomic E-state index is 12.5. The highest BCUT2D eigenvalue weighted by atomic mass is 16.2. The molecule has 2 aromatic rings. The van der Waals surface area contributed by atoms with Gasteiger partial charge < -0.3 is 14.8 Å². The van der Waals surface area contributed by atoms with E-state index in [0.29, 0.717) is 19.0 Å². The molecule has 0 aromatic carbocycles. The lowest BCUT2D eigenvalue weighted by Crippen LogP contribution is -2.39. The summed E-state index contributed by atoms with van der Waals surface area (Å²) in [7, 11) is 0. The number of piperidine rings is 1. The molecule has 0 spiro atoms. The van der Waals surface area contributed by atoms with E-state index in [4.69, 9.17) is 0 Å². The van der Waals surface area contributed by atoms with Gasteiger partial charge >= 0.3 is 0 Å². The first-order valence-electron chi connectivity index (χ1n) is 8.30. The SMILES string of the molecule is O=C(Cn1ccc(C2CCCNC2)n1)N1CCn2cncc2C1. The number of nitrogens with one attached hydrogen (secondary N) is 1. The van der Waals surface area contributed by atoms with Crippen LogP contribution in [-0.2, 0) is 24.4 Å². The minimum absolute atomic E-state index is 0.119. The first-order chi connectivity index (χ1) is 11.3. The first kappa shape index (κ1) is 14.4. The molecule has 0 bridgehead atoms. The summed E-state index contributed by atoms with van der Waals surface area (Å²) in [6.45, 7) is 4.60. The van der Waals surface area contributed by atoms with Gasteiger partial charge in [-0.15, -0.1) is 0 Å². The number of fused-ring (bicyclic) bond motifs is 1. The van der Waals surface area contributed by atoms with Crippen molar-refractivity contribution >= 4 is 5.91 Å². The van der Waals surface area contributed by atoms with E-state index in [9.17, 15) is 4.79 Å². The van der Waals surface area contributed by atoms with Crippen LogP contribution in [0.1, 0.15) is 30.1 Å². The Morgan fingerprint density at radius 1 is 1.39 bits per heavy atom. The summed E-state index contributed by atoms with van der Waals surface area (Å²) in [5.41, 5.74) is 2.20. The zero-order valence-corrected chi connectivity index (χ0v) is 13.2.